The molecule has 0 saturated heterocycles. The molecule has 0 aromatic carbocycles. The summed E-state index contributed by atoms with van der Waals surface area (Å²) in [5.74, 6) is -0.458. The second kappa shape index (κ2) is 3.91. The highest BCUT2D eigenvalue weighted by Gasteiger charge is 2.19. The van der Waals surface area contributed by atoms with Gasteiger partial charge in [0.25, 0.3) is 0 Å². The third-order valence-electron chi connectivity index (χ3n) is 1.60. The van der Waals surface area contributed by atoms with Crippen LogP contribution in [-0.4, -0.2) is 30.2 Å². The maximum absolute atomic E-state index is 11.1. The van der Waals surface area contributed by atoms with Crippen molar-refractivity contribution in [3.8, 4) is 0 Å². The molecule has 1 rings (SSSR count). The van der Waals surface area contributed by atoms with Crippen LogP contribution in [0, 0.1) is 6.92 Å². The minimum Gasteiger partial charge on any atom is -0.465 e. The molecule has 0 aliphatic carbocycles. The van der Waals surface area contributed by atoms with Crippen molar-refractivity contribution in [3.63, 3.8) is 0 Å². The summed E-state index contributed by atoms with van der Waals surface area (Å²) in [6.45, 7) is 1.72. The molecule has 1 aromatic heterocycles. The predicted molar refractivity (Wildman–Crippen MR) is 50.2 cm³/mol. The van der Waals surface area contributed by atoms with E-state index in [1.807, 2.05) is 0 Å². The molecule has 0 radical (unpaired) electrons. The number of carbonyl (C=O) groups excluding carboxylic acids is 1. The predicted octanol–water partition coefficient (Wildman–Crippen LogP) is -0.477. The Kier molecular flexibility index (Phi) is 3.08. The van der Waals surface area contributed by atoms with Crippen LogP contribution in [0.5, 0.6) is 0 Å². The fraction of sp³-hybridized carbons (Fsp3) is 0.286. The van der Waals surface area contributed by atoms with E-state index in [1.165, 1.54) is 24.5 Å². The van der Waals surface area contributed by atoms with Crippen molar-refractivity contribution in [1.29, 1.82) is 0 Å². The maximum Gasteiger partial charge on any atom is 0.499 e. The Balaban J connectivity index is 3.03. The summed E-state index contributed by atoms with van der Waals surface area (Å²) in [7, 11) is -0.240. The summed E-state index contributed by atoms with van der Waals surface area (Å²) in [5, 5.41) is 17.7. The van der Waals surface area contributed by atoms with Crippen molar-refractivity contribution >= 4 is 29.2 Å². The van der Waals surface area contributed by atoms with Gasteiger partial charge in [-0.15, -0.1) is 11.3 Å². The second-order valence-corrected chi connectivity index (χ2v) is 3.77. The molecular formula is C7H9BO4S. The number of thiophene rings is 1. The minimum absolute atomic E-state index is 0.345. The lowest BCUT2D eigenvalue weighted by Crippen LogP contribution is -2.26. The van der Waals surface area contributed by atoms with E-state index in [2.05, 4.69) is 4.74 Å². The quantitative estimate of drug-likeness (QED) is 0.500. The van der Waals surface area contributed by atoms with Gasteiger partial charge in [-0.3, -0.25) is 0 Å². The van der Waals surface area contributed by atoms with E-state index >= 15 is 0 Å². The maximum atomic E-state index is 11.1. The van der Waals surface area contributed by atoms with Crippen LogP contribution in [0.2, 0.25) is 0 Å². The molecule has 0 spiro atoms. The van der Waals surface area contributed by atoms with Crippen LogP contribution in [0.4, 0.5) is 0 Å². The minimum atomic E-state index is -1.53. The van der Waals surface area contributed by atoms with Gasteiger partial charge in [-0.25, -0.2) is 4.79 Å². The monoisotopic (exact) mass is 200 g/mol. The number of rotatable bonds is 2. The van der Waals surface area contributed by atoms with Gasteiger partial charge in [-0.1, -0.05) is 0 Å². The average Bonchev–Trinajstić information content (AvgIpc) is 2.46. The summed E-state index contributed by atoms with van der Waals surface area (Å²) in [5.41, 5.74) is 0.385. The Morgan fingerprint density at radius 3 is 2.62 bits per heavy atom. The van der Waals surface area contributed by atoms with Crippen molar-refractivity contribution in [3.05, 3.63) is 16.5 Å². The lowest BCUT2D eigenvalue weighted by molar-refractivity contribution is 0.0600. The van der Waals surface area contributed by atoms with Crippen LogP contribution < -0.4 is 4.78 Å². The number of methoxy groups -OCH3 is 1. The van der Waals surface area contributed by atoms with Crippen molar-refractivity contribution in [2.75, 3.05) is 7.11 Å². The molecule has 0 aliphatic rings. The highest BCUT2D eigenvalue weighted by molar-refractivity contribution is 7.22. The largest absolute Gasteiger partial charge is 0.499 e. The van der Waals surface area contributed by atoms with Gasteiger partial charge in [0.2, 0.25) is 0 Å². The molecule has 1 heterocycles. The highest BCUT2D eigenvalue weighted by Crippen LogP contribution is 2.14. The van der Waals surface area contributed by atoms with Gasteiger partial charge in [-0.05, 0) is 13.0 Å². The Morgan fingerprint density at radius 2 is 2.23 bits per heavy atom. The Labute approximate surface area is 79.9 Å². The lowest BCUT2D eigenvalue weighted by atomic mass is 9.89. The molecule has 0 fully saturated rings. The van der Waals surface area contributed by atoms with Crippen LogP contribution in [0.25, 0.3) is 0 Å². The summed E-state index contributed by atoms with van der Waals surface area (Å²) >= 11 is 1.17. The van der Waals surface area contributed by atoms with Gasteiger partial charge in [0.15, 0.2) is 0 Å². The van der Waals surface area contributed by atoms with Gasteiger partial charge >= 0.3 is 13.1 Å². The molecule has 13 heavy (non-hydrogen) atoms. The molecule has 0 saturated carbocycles. The lowest BCUT2D eigenvalue weighted by Gasteiger charge is -1.94. The standard InChI is InChI=1S/C7H9BO4S/c1-4-5(7(9)12-2)3-6(13-4)8(10)11/h3,10-11H,1-2H3. The Bertz CT molecular complexity index is 320. The third kappa shape index (κ3) is 2.09. The van der Waals surface area contributed by atoms with Crippen LogP contribution in [-0.2, 0) is 4.74 Å². The molecule has 0 aliphatic heterocycles. The molecule has 2 N–H and O–H groups in total. The van der Waals surface area contributed by atoms with Gasteiger partial charge in [0, 0.05) is 9.65 Å². The van der Waals surface area contributed by atoms with Gasteiger partial charge in [-0.2, -0.15) is 0 Å². The van der Waals surface area contributed by atoms with E-state index in [-0.39, 0.29) is 0 Å². The van der Waals surface area contributed by atoms with Crippen molar-refractivity contribution in [2.24, 2.45) is 0 Å². The number of esters is 1. The smallest absolute Gasteiger partial charge is 0.465 e. The molecule has 0 unspecified atom stereocenters. The van der Waals surface area contributed by atoms with E-state index in [0.29, 0.717) is 10.3 Å². The average molecular weight is 200 g/mol. The van der Waals surface area contributed by atoms with E-state index in [4.69, 9.17) is 10.0 Å². The van der Waals surface area contributed by atoms with Crippen molar-refractivity contribution in [2.45, 2.75) is 6.92 Å². The van der Waals surface area contributed by atoms with E-state index in [9.17, 15) is 4.79 Å². The zero-order chi connectivity index (χ0) is 10.0. The van der Waals surface area contributed by atoms with Crippen molar-refractivity contribution in [1.82, 2.24) is 0 Å². The first kappa shape index (κ1) is 10.2. The number of hydrogen-bond donors (Lipinski definition) is 2. The molecule has 0 atom stereocenters. The Hall–Kier alpha value is -0.845. The molecule has 4 nitrogen and oxygen atoms in total. The molecule has 0 bridgehead atoms. The topological polar surface area (TPSA) is 66.8 Å². The summed E-state index contributed by atoms with van der Waals surface area (Å²) in [6.07, 6.45) is 0. The van der Waals surface area contributed by atoms with Crippen LogP contribution >= 0.6 is 11.3 Å². The third-order valence-corrected chi connectivity index (χ3v) is 2.69. The van der Waals surface area contributed by atoms with Gasteiger partial charge in [0.05, 0.1) is 12.7 Å². The summed E-state index contributed by atoms with van der Waals surface area (Å²) < 4.78 is 4.86. The van der Waals surface area contributed by atoms with Crippen molar-refractivity contribution < 1.29 is 19.6 Å². The molecule has 1 aromatic rings. The highest BCUT2D eigenvalue weighted by atomic mass is 32.1. The first-order valence-corrected chi connectivity index (χ1v) is 4.42. The molecule has 70 valence electrons. The first-order valence-electron chi connectivity index (χ1n) is 3.61. The summed E-state index contributed by atoms with van der Waals surface area (Å²) in [4.78, 5) is 11.8. The summed E-state index contributed by atoms with van der Waals surface area (Å²) in [6, 6.07) is 1.43. The first-order chi connectivity index (χ1) is 6.06. The fourth-order valence-corrected chi connectivity index (χ4v) is 1.83. The Morgan fingerprint density at radius 1 is 1.62 bits per heavy atom. The SMILES string of the molecule is COC(=O)c1cc(B(O)O)sc1C. The number of hydrogen-bond acceptors (Lipinski definition) is 5. The van der Waals surface area contributed by atoms with Gasteiger partial charge < -0.3 is 14.8 Å². The van der Waals surface area contributed by atoms with E-state index in [0.717, 1.165) is 4.88 Å². The van der Waals surface area contributed by atoms with Crippen LogP contribution in [0.15, 0.2) is 6.07 Å². The van der Waals surface area contributed by atoms with Crippen LogP contribution in [0.1, 0.15) is 15.2 Å². The fourth-order valence-electron chi connectivity index (χ4n) is 0.945. The molecular weight excluding hydrogens is 191 g/mol. The molecule has 6 heteroatoms. The zero-order valence-corrected chi connectivity index (χ0v) is 8.09. The number of ether oxygens (including phenoxy) is 1. The second-order valence-electron chi connectivity index (χ2n) is 2.48. The number of aryl methyl sites for hydroxylation is 1. The van der Waals surface area contributed by atoms with E-state index < -0.39 is 13.1 Å². The van der Waals surface area contributed by atoms with E-state index in [1.54, 1.807) is 6.92 Å². The normalized spacial score (nSPS) is 9.85. The molecule has 0 amide bonds. The van der Waals surface area contributed by atoms with Gasteiger partial charge in [0.1, 0.15) is 0 Å². The van der Waals surface area contributed by atoms with Crippen LogP contribution in [0.3, 0.4) is 0 Å². The number of carbonyl (C=O) groups is 1. The zero-order valence-electron chi connectivity index (χ0n) is 7.27.